The number of aliphatic hydroxyl groups is 1. The number of halogens is 1. The Hall–Kier alpha value is -0.770. The Morgan fingerprint density at radius 3 is 2.65 bits per heavy atom. The van der Waals surface area contributed by atoms with Crippen molar-refractivity contribution in [3.8, 4) is 0 Å². The summed E-state index contributed by atoms with van der Waals surface area (Å²) in [7, 11) is -4.05. The minimum absolute atomic E-state index is 0.100. The summed E-state index contributed by atoms with van der Waals surface area (Å²) in [4.78, 5) is 11.5. The van der Waals surface area contributed by atoms with Crippen LogP contribution >= 0.6 is 0 Å². The van der Waals surface area contributed by atoms with Crippen molar-refractivity contribution in [3.63, 3.8) is 0 Å². The lowest BCUT2D eigenvalue weighted by atomic mass is 9.63. The third kappa shape index (κ3) is 3.39. The summed E-state index contributed by atoms with van der Waals surface area (Å²) in [5, 5.41) is 13.8. The van der Waals surface area contributed by atoms with Crippen LogP contribution in [0, 0.1) is 23.7 Å². The topological polar surface area (TPSA) is 98.7 Å². The Labute approximate surface area is 153 Å². The first kappa shape index (κ1) is 18.6. The van der Waals surface area contributed by atoms with E-state index in [0.29, 0.717) is 18.3 Å². The summed E-state index contributed by atoms with van der Waals surface area (Å²) in [5.41, 5.74) is 0. The first-order chi connectivity index (χ1) is 12.3. The van der Waals surface area contributed by atoms with Gasteiger partial charge in [-0.15, -0.1) is 0 Å². The molecule has 4 rings (SSSR count). The normalized spacial score (nSPS) is 46.1. The molecular formula is C17H28FN3O4S. The number of nitrogens with one attached hydrogen (secondary N) is 2. The monoisotopic (exact) mass is 389 g/mol. The van der Waals surface area contributed by atoms with Crippen LogP contribution in [-0.2, 0) is 15.0 Å². The van der Waals surface area contributed by atoms with E-state index in [0.717, 1.165) is 43.1 Å². The van der Waals surface area contributed by atoms with E-state index in [1.54, 1.807) is 0 Å². The highest BCUT2D eigenvalue weighted by Crippen LogP contribution is 2.47. The summed E-state index contributed by atoms with van der Waals surface area (Å²) in [5.74, 6) is 0.318. The Kier molecular flexibility index (Phi) is 5.00. The van der Waals surface area contributed by atoms with Crippen molar-refractivity contribution in [2.75, 3.05) is 19.6 Å². The lowest BCUT2D eigenvalue weighted by molar-refractivity contribution is -0.120. The maximum atomic E-state index is 15.4. The van der Waals surface area contributed by atoms with Gasteiger partial charge in [-0.2, -0.15) is 12.7 Å². The molecule has 2 saturated heterocycles. The number of carbonyl (C=O) groups excluding carboxylic acids is 1. The zero-order chi connectivity index (χ0) is 18.5. The fourth-order valence-corrected chi connectivity index (χ4v) is 6.97. The van der Waals surface area contributed by atoms with Crippen LogP contribution in [0.15, 0.2) is 0 Å². The molecule has 2 aliphatic heterocycles. The minimum Gasteiger partial charge on any atom is -0.391 e. The first-order valence-corrected chi connectivity index (χ1v) is 11.1. The van der Waals surface area contributed by atoms with Crippen molar-refractivity contribution in [2.24, 2.45) is 23.7 Å². The third-order valence-electron chi connectivity index (χ3n) is 6.84. The molecule has 4 aliphatic rings. The maximum absolute atomic E-state index is 15.4. The Morgan fingerprint density at radius 2 is 2.00 bits per heavy atom. The smallest absolute Gasteiger partial charge is 0.304 e. The van der Waals surface area contributed by atoms with Gasteiger partial charge in [0.25, 0.3) is 0 Å². The van der Waals surface area contributed by atoms with E-state index in [1.165, 1.54) is 6.42 Å². The SMILES string of the molecule is O=C1CN(C2C(O)CC3CCC(CC4CCNC4)CC3C2F)S(=O)(=O)N1. The molecule has 7 nitrogen and oxygen atoms in total. The molecule has 2 aliphatic carbocycles. The van der Waals surface area contributed by atoms with E-state index in [1.807, 2.05) is 4.72 Å². The molecule has 148 valence electrons. The zero-order valence-electron chi connectivity index (χ0n) is 14.8. The fraction of sp³-hybridized carbons (Fsp3) is 0.941. The average Bonchev–Trinajstić information content (AvgIpc) is 3.15. The van der Waals surface area contributed by atoms with Gasteiger partial charge in [0.2, 0.25) is 5.91 Å². The van der Waals surface area contributed by atoms with Gasteiger partial charge in [0.05, 0.1) is 18.7 Å². The Balaban J connectivity index is 1.48. The van der Waals surface area contributed by atoms with E-state index in [-0.39, 0.29) is 11.8 Å². The summed E-state index contributed by atoms with van der Waals surface area (Å²) in [6.07, 6.45) is 2.88. The van der Waals surface area contributed by atoms with E-state index in [2.05, 4.69) is 5.32 Å². The summed E-state index contributed by atoms with van der Waals surface area (Å²) >= 11 is 0. The lowest BCUT2D eigenvalue weighted by Gasteiger charge is -2.48. The van der Waals surface area contributed by atoms with Gasteiger partial charge in [-0.05, 0) is 68.9 Å². The number of nitrogens with zero attached hydrogens (tertiary/aromatic N) is 1. The number of alkyl halides is 1. The van der Waals surface area contributed by atoms with Crippen LogP contribution in [0.4, 0.5) is 4.39 Å². The molecule has 1 amide bonds. The zero-order valence-corrected chi connectivity index (χ0v) is 15.6. The van der Waals surface area contributed by atoms with Crippen molar-refractivity contribution >= 4 is 16.1 Å². The molecule has 2 heterocycles. The predicted molar refractivity (Wildman–Crippen MR) is 93.0 cm³/mol. The molecule has 3 N–H and O–H groups in total. The summed E-state index contributed by atoms with van der Waals surface area (Å²) < 4.78 is 42.4. The standard InChI is InChI=1S/C17H28FN3O4S/c18-16-13-6-10(5-11-3-4-19-8-11)1-2-12(13)7-14(22)17(16)21-9-15(23)20-26(21,24)25/h10-14,16-17,19,22H,1-9H2,(H,20,23). The predicted octanol–water partition coefficient (Wildman–Crippen LogP) is 0.166. The maximum Gasteiger partial charge on any atom is 0.304 e. The number of hydrogen-bond acceptors (Lipinski definition) is 5. The summed E-state index contributed by atoms with van der Waals surface area (Å²) in [6, 6.07) is -1.16. The molecule has 0 aromatic rings. The van der Waals surface area contributed by atoms with E-state index < -0.39 is 41.0 Å². The van der Waals surface area contributed by atoms with Crippen LogP contribution in [0.5, 0.6) is 0 Å². The average molecular weight is 389 g/mol. The van der Waals surface area contributed by atoms with Crippen LogP contribution in [0.3, 0.4) is 0 Å². The quantitative estimate of drug-likeness (QED) is 0.639. The van der Waals surface area contributed by atoms with Crippen LogP contribution in [-0.4, -0.2) is 61.7 Å². The van der Waals surface area contributed by atoms with Crippen molar-refractivity contribution in [3.05, 3.63) is 0 Å². The van der Waals surface area contributed by atoms with E-state index in [4.69, 9.17) is 0 Å². The number of amides is 1. The second-order valence-electron chi connectivity index (χ2n) is 8.51. The number of carbonyl (C=O) groups is 1. The van der Waals surface area contributed by atoms with Crippen molar-refractivity contribution in [1.82, 2.24) is 14.3 Å². The Bertz CT molecular complexity index is 654. The minimum atomic E-state index is -4.05. The highest BCUT2D eigenvalue weighted by atomic mass is 32.2. The van der Waals surface area contributed by atoms with Crippen molar-refractivity contribution in [2.45, 2.75) is 56.8 Å². The molecule has 0 radical (unpaired) electrons. The van der Waals surface area contributed by atoms with Crippen molar-refractivity contribution in [1.29, 1.82) is 0 Å². The van der Waals surface area contributed by atoms with Crippen LogP contribution in [0.25, 0.3) is 0 Å². The van der Waals surface area contributed by atoms with Gasteiger partial charge in [-0.3, -0.25) is 4.79 Å². The molecule has 7 unspecified atom stereocenters. The third-order valence-corrected chi connectivity index (χ3v) is 8.32. The van der Waals surface area contributed by atoms with Crippen LogP contribution in [0.2, 0.25) is 0 Å². The van der Waals surface area contributed by atoms with Gasteiger partial charge >= 0.3 is 10.2 Å². The van der Waals surface area contributed by atoms with E-state index >= 15 is 4.39 Å². The second-order valence-corrected chi connectivity index (χ2v) is 10.1. The number of aliphatic hydroxyl groups excluding tert-OH is 1. The fourth-order valence-electron chi connectivity index (χ4n) is 5.64. The van der Waals surface area contributed by atoms with Gasteiger partial charge in [0.1, 0.15) is 6.17 Å². The molecule has 0 aromatic carbocycles. The summed E-state index contributed by atoms with van der Waals surface area (Å²) in [6.45, 7) is 1.68. The van der Waals surface area contributed by atoms with Gasteiger partial charge in [-0.1, -0.05) is 6.42 Å². The molecule has 0 aromatic heterocycles. The molecule has 26 heavy (non-hydrogen) atoms. The van der Waals surface area contributed by atoms with Crippen LogP contribution in [0.1, 0.15) is 38.5 Å². The van der Waals surface area contributed by atoms with E-state index in [9.17, 15) is 18.3 Å². The molecule has 7 atom stereocenters. The molecule has 0 spiro atoms. The first-order valence-electron chi connectivity index (χ1n) is 9.70. The number of rotatable bonds is 3. The highest BCUT2D eigenvalue weighted by Gasteiger charge is 2.53. The highest BCUT2D eigenvalue weighted by molar-refractivity contribution is 7.88. The van der Waals surface area contributed by atoms with Gasteiger partial charge in [-0.25, -0.2) is 9.11 Å². The largest absolute Gasteiger partial charge is 0.391 e. The number of fused-ring (bicyclic) bond motifs is 1. The van der Waals surface area contributed by atoms with Gasteiger partial charge in [0, 0.05) is 0 Å². The molecular weight excluding hydrogens is 361 g/mol. The molecule has 4 fully saturated rings. The van der Waals surface area contributed by atoms with Gasteiger partial charge in [0.15, 0.2) is 0 Å². The van der Waals surface area contributed by atoms with Crippen molar-refractivity contribution < 1.29 is 22.7 Å². The van der Waals surface area contributed by atoms with Crippen LogP contribution < -0.4 is 10.0 Å². The number of hydrogen-bond donors (Lipinski definition) is 3. The lowest BCUT2D eigenvalue weighted by Crippen LogP contribution is -2.58. The molecule has 9 heteroatoms. The molecule has 2 saturated carbocycles. The molecule has 0 bridgehead atoms. The Morgan fingerprint density at radius 1 is 1.19 bits per heavy atom. The van der Waals surface area contributed by atoms with Gasteiger partial charge < -0.3 is 10.4 Å². The second kappa shape index (κ2) is 7.00.